The molecule has 0 aliphatic rings. The zero-order chi connectivity index (χ0) is 11.6. The predicted octanol–water partition coefficient (Wildman–Crippen LogP) is 1.26. The van der Waals surface area contributed by atoms with Crippen LogP contribution in [0.5, 0.6) is 0 Å². The zero-order valence-electron chi connectivity index (χ0n) is 7.88. The number of aromatic nitrogens is 3. The number of hydrogen-bond donors (Lipinski definition) is 2. The smallest absolute Gasteiger partial charge is 0.265 e. The molecule has 0 unspecified atom stereocenters. The molecule has 0 aromatic carbocycles. The molecule has 0 atom stereocenters. The van der Waals surface area contributed by atoms with Gasteiger partial charge in [0, 0.05) is 6.20 Å². The van der Waals surface area contributed by atoms with Crippen LogP contribution in [0.2, 0.25) is 5.15 Å². The van der Waals surface area contributed by atoms with Crippen LogP contribution in [0.1, 0.15) is 0 Å². The molecule has 2 rings (SSSR count). The molecule has 0 aliphatic heterocycles. The van der Waals surface area contributed by atoms with Crippen LogP contribution in [0.15, 0.2) is 35.6 Å². The van der Waals surface area contributed by atoms with Crippen LogP contribution in [0.25, 0.3) is 0 Å². The lowest BCUT2D eigenvalue weighted by Crippen LogP contribution is -2.12. The Labute approximate surface area is 96.7 Å². The summed E-state index contributed by atoms with van der Waals surface area (Å²) in [5.41, 5.74) is 0.339. The fraction of sp³-hybridized carbons (Fsp3) is 0. The van der Waals surface area contributed by atoms with Crippen molar-refractivity contribution in [3.8, 4) is 0 Å². The van der Waals surface area contributed by atoms with E-state index in [1.807, 2.05) is 0 Å². The fourth-order valence-corrected chi connectivity index (χ4v) is 2.10. The molecular weight excluding hydrogens is 252 g/mol. The van der Waals surface area contributed by atoms with E-state index in [1.165, 1.54) is 30.7 Å². The number of nitrogens with one attached hydrogen (secondary N) is 2. The molecule has 0 aliphatic carbocycles. The van der Waals surface area contributed by atoms with Gasteiger partial charge in [0.1, 0.15) is 10.0 Å². The van der Waals surface area contributed by atoms with Gasteiger partial charge in [0.25, 0.3) is 10.0 Å². The van der Waals surface area contributed by atoms with Crippen molar-refractivity contribution >= 4 is 27.3 Å². The third kappa shape index (κ3) is 2.31. The number of rotatable bonds is 3. The highest BCUT2D eigenvalue weighted by Gasteiger charge is 2.14. The van der Waals surface area contributed by atoms with E-state index < -0.39 is 10.0 Å². The van der Waals surface area contributed by atoms with Crippen LogP contribution in [0.3, 0.4) is 0 Å². The van der Waals surface area contributed by atoms with Crippen molar-refractivity contribution in [2.75, 3.05) is 4.72 Å². The quantitative estimate of drug-likeness (QED) is 0.812. The summed E-state index contributed by atoms with van der Waals surface area (Å²) in [5, 5.41) is 6.29. The number of sulfonamides is 1. The molecule has 16 heavy (non-hydrogen) atoms. The monoisotopic (exact) mass is 258 g/mol. The molecule has 2 N–H and O–H groups in total. The third-order valence-corrected chi connectivity index (χ3v) is 3.33. The second-order valence-corrected chi connectivity index (χ2v) is 4.98. The Morgan fingerprint density at radius 1 is 1.31 bits per heavy atom. The van der Waals surface area contributed by atoms with Gasteiger partial charge in [0.05, 0.1) is 18.1 Å². The number of anilines is 1. The van der Waals surface area contributed by atoms with Crippen molar-refractivity contribution in [1.82, 2.24) is 15.2 Å². The first-order chi connectivity index (χ1) is 7.58. The molecule has 6 nitrogen and oxygen atoms in total. The summed E-state index contributed by atoms with van der Waals surface area (Å²) < 4.78 is 25.8. The highest BCUT2D eigenvalue weighted by atomic mass is 35.5. The lowest BCUT2D eigenvalue weighted by Gasteiger charge is -2.04. The van der Waals surface area contributed by atoms with E-state index in [0.29, 0.717) is 10.8 Å². The minimum Gasteiger partial charge on any atom is -0.284 e. The summed E-state index contributed by atoms with van der Waals surface area (Å²) in [4.78, 5) is 3.82. The van der Waals surface area contributed by atoms with Gasteiger partial charge in [-0.2, -0.15) is 5.10 Å². The maximum absolute atomic E-state index is 11.7. The Balaban J connectivity index is 2.25. The average molecular weight is 259 g/mol. The van der Waals surface area contributed by atoms with Crippen LogP contribution < -0.4 is 4.72 Å². The number of pyridine rings is 1. The lowest BCUT2D eigenvalue weighted by atomic mass is 10.4. The van der Waals surface area contributed by atoms with E-state index in [0.717, 1.165) is 0 Å². The van der Waals surface area contributed by atoms with Gasteiger partial charge in [0.15, 0.2) is 0 Å². The largest absolute Gasteiger partial charge is 0.284 e. The van der Waals surface area contributed by atoms with Gasteiger partial charge >= 0.3 is 0 Å². The van der Waals surface area contributed by atoms with E-state index in [9.17, 15) is 8.42 Å². The maximum Gasteiger partial charge on any atom is 0.265 e. The van der Waals surface area contributed by atoms with E-state index in [1.54, 1.807) is 0 Å². The minimum atomic E-state index is -3.61. The molecule has 84 valence electrons. The topological polar surface area (TPSA) is 87.7 Å². The van der Waals surface area contributed by atoms with Gasteiger partial charge in [-0.05, 0) is 12.1 Å². The number of halogens is 1. The standard InChI is InChI=1S/C8H7ClN4O2S/c9-8-2-1-6(3-10-8)13-16(14,15)7-4-11-12-5-7/h1-5,13H,(H,11,12). The highest BCUT2D eigenvalue weighted by molar-refractivity contribution is 7.92. The summed E-state index contributed by atoms with van der Waals surface area (Å²) in [7, 11) is -3.61. The summed E-state index contributed by atoms with van der Waals surface area (Å²) in [6.45, 7) is 0. The van der Waals surface area contributed by atoms with Crippen LogP contribution in [-0.4, -0.2) is 23.6 Å². The first-order valence-electron chi connectivity index (χ1n) is 4.21. The lowest BCUT2D eigenvalue weighted by molar-refractivity contribution is 0.601. The normalized spacial score (nSPS) is 11.3. The summed E-state index contributed by atoms with van der Waals surface area (Å²) in [6.07, 6.45) is 3.83. The van der Waals surface area contributed by atoms with Gasteiger partial charge in [-0.25, -0.2) is 13.4 Å². The summed E-state index contributed by atoms with van der Waals surface area (Å²) in [5.74, 6) is 0. The second-order valence-electron chi connectivity index (χ2n) is 2.91. The molecule has 0 bridgehead atoms. The van der Waals surface area contributed by atoms with Crippen LogP contribution in [0, 0.1) is 0 Å². The summed E-state index contributed by atoms with van der Waals surface area (Å²) in [6, 6.07) is 3.02. The Morgan fingerprint density at radius 2 is 2.12 bits per heavy atom. The van der Waals surface area contributed by atoms with Gasteiger partial charge in [-0.1, -0.05) is 11.6 Å². The molecule has 2 heterocycles. The Hall–Kier alpha value is -1.60. The Morgan fingerprint density at radius 3 is 2.69 bits per heavy atom. The molecule has 0 saturated heterocycles. The molecular formula is C8H7ClN4O2S. The molecule has 0 radical (unpaired) electrons. The first kappa shape index (κ1) is 10.9. The minimum absolute atomic E-state index is 0.0578. The van der Waals surface area contributed by atoms with Crippen molar-refractivity contribution in [2.45, 2.75) is 4.90 Å². The van der Waals surface area contributed by atoms with Gasteiger partial charge in [0.2, 0.25) is 0 Å². The predicted molar refractivity (Wildman–Crippen MR) is 58.6 cm³/mol. The van der Waals surface area contributed by atoms with Crippen molar-refractivity contribution in [2.24, 2.45) is 0 Å². The Kier molecular flexibility index (Phi) is 2.80. The molecule has 0 saturated carbocycles. The van der Waals surface area contributed by atoms with Crippen LogP contribution in [0.4, 0.5) is 5.69 Å². The van der Waals surface area contributed by atoms with E-state index >= 15 is 0 Å². The molecule has 2 aromatic rings. The third-order valence-electron chi connectivity index (χ3n) is 1.76. The van der Waals surface area contributed by atoms with Gasteiger partial charge < -0.3 is 0 Å². The molecule has 2 aromatic heterocycles. The fourth-order valence-electron chi connectivity index (χ4n) is 1.04. The van der Waals surface area contributed by atoms with E-state index in [4.69, 9.17) is 11.6 Å². The molecule has 0 spiro atoms. The van der Waals surface area contributed by atoms with Crippen molar-refractivity contribution in [1.29, 1.82) is 0 Å². The summed E-state index contributed by atoms with van der Waals surface area (Å²) >= 11 is 5.58. The molecule has 0 amide bonds. The number of H-pyrrole nitrogens is 1. The number of nitrogens with zero attached hydrogens (tertiary/aromatic N) is 2. The highest BCUT2D eigenvalue weighted by Crippen LogP contribution is 2.15. The molecule has 0 fully saturated rings. The average Bonchev–Trinajstić information content (AvgIpc) is 2.75. The zero-order valence-corrected chi connectivity index (χ0v) is 9.46. The van der Waals surface area contributed by atoms with Gasteiger partial charge in [-0.3, -0.25) is 9.82 Å². The van der Waals surface area contributed by atoms with Gasteiger partial charge in [-0.15, -0.1) is 0 Å². The van der Waals surface area contributed by atoms with Crippen molar-refractivity contribution in [3.63, 3.8) is 0 Å². The van der Waals surface area contributed by atoms with Crippen LogP contribution in [-0.2, 0) is 10.0 Å². The Bertz CT molecular complexity index is 565. The first-order valence-corrected chi connectivity index (χ1v) is 6.07. The van der Waals surface area contributed by atoms with Crippen LogP contribution >= 0.6 is 11.6 Å². The van der Waals surface area contributed by atoms with E-state index in [-0.39, 0.29) is 4.90 Å². The van der Waals surface area contributed by atoms with E-state index in [2.05, 4.69) is 19.9 Å². The second kappa shape index (κ2) is 4.11. The molecule has 8 heteroatoms. The maximum atomic E-state index is 11.7. The number of aromatic amines is 1. The number of hydrogen-bond acceptors (Lipinski definition) is 4. The van der Waals surface area contributed by atoms with Crippen molar-refractivity contribution < 1.29 is 8.42 Å². The SMILES string of the molecule is O=S(=O)(Nc1ccc(Cl)nc1)c1cn[nH]c1. The van der Waals surface area contributed by atoms with Crippen molar-refractivity contribution in [3.05, 3.63) is 35.9 Å².